The maximum atomic E-state index is 14.0. The standard InChI is InChI=1S/C30H23F6N3O6/c1-15-37-21-8-6-18(45-14-29(31,32)33)11-23(21)38(15)22-4-2-3-20-24(13-44-27(20)22)39(28(42)30(34,35)36)17-5-7-19-16(9-26(40)41)12-43-25(19)10-17/h2-8,10-11,16,24H,9,12-14H2,1H3,(H,40,41)/t16-,24-/m1/s1. The van der Waals surface area contributed by atoms with Crippen molar-refractivity contribution in [2.45, 2.75) is 37.7 Å². The predicted octanol–water partition coefficient (Wildman–Crippen LogP) is 6.25. The first kappa shape index (κ1) is 30.1. The van der Waals surface area contributed by atoms with E-state index in [0.717, 1.165) is 0 Å². The summed E-state index contributed by atoms with van der Waals surface area (Å²) < 4.78 is 98.2. The van der Waals surface area contributed by atoms with E-state index in [2.05, 4.69) is 4.98 Å². The van der Waals surface area contributed by atoms with Gasteiger partial charge >= 0.3 is 24.2 Å². The van der Waals surface area contributed by atoms with Crippen LogP contribution in [0.15, 0.2) is 54.6 Å². The fourth-order valence-corrected chi connectivity index (χ4v) is 5.71. The van der Waals surface area contributed by atoms with E-state index in [1.807, 2.05) is 0 Å². The van der Waals surface area contributed by atoms with Crippen molar-refractivity contribution < 1.29 is 55.2 Å². The van der Waals surface area contributed by atoms with Crippen molar-refractivity contribution >= 4 is 28.6 Å². The highest BCUT2D eigenvalue weighted by Crippen LogP contribution is 2.46. The van der Waals surface area contributed by atoms with Gasteiger partial charge in [0.1, 0.15) is 29.7 Å². The van der Waals surface area contributed by atoms with Crippen molar-refractivity contribution in [3.8, 4) is 22.9 Å². The van der Waals surface area contributed by atoms with Gasteiger partial charge in [0.05, 0.1) is 35.8 Å². The molecule has 4 aromatic rings. The zero-order valence-corrected chi connectivity index (χ0v) is 23.3. The van der Waals surface area contributed by atoms with Crippen molar-refractivity contribution in [2.75, 3.05) is 24.7 Å². The lowest BCUT2D eigenvalue weighted by atomic mass is 9.97. The van der Waals surface area contributed by atoms with Crippen LogP contribution in [0.5, 0.6) is 17.2 Å². The lowest BCUT2D eigenvalue weighted by Gasteiger charge is -2.29. The summed E-state index contributed by atoms with van der Waals surface area (Å²) in [6, 6.07) is 11.7. The largest absolute Gasteiger partial charge is 0.493 e. The highest BCUT2D eigenvalue weighted by Gasteiger charge is 2.48. The molecule has 3 heterocycles. The lowest BCUT2D eigenvalue weighted by molar-refractivity contribution is -0.171. The van der Waals surface area contributed by atoms with Gasteiger partial charge in [-0.05, 0) is 31.2 Å². The van der Waals surface area contributed by atoms with Gasteiger partial charge in [0.15, 0.2) is 6.61 Å². The van der Waals surface area contributed by atoms with Crippen molar-refractivity contribution in [2.24, 2.45) is 0 Å². The van der Waals surface area contributed by atoms with E-state index in [-0.39, 0.29) is 48.1 Å². The average molecular weight is 636 g/mol. The molecule has 15 heteroatoms. The summed E-state index contributed by atoms with van der Waals surface area (Å²) in [6.45, 7) is -0.185. The summed E-state index contributed by atoms with van der Waals surface area (Å²) in [5.74, 6) is -3.03. The molecule has 0 bridgehead atoms. The Labute approximate surface area is 250 Å². The molecule has 45 heavy (non-hydrogen) atoms. The lowest BCUT2D eigenvalue weighted by Crippen LogP contribution is -2.44. The SMILES string of the molecule is Cc1nc2ccc(OCC(F)(F)F)cc2n1-c1cccc2c1OC[C@H]2N(C(=O)C(F)(F)F)c1ccc2c(c1)OC[C@H]2CC(=O)O. The van der Waals surface area contributed by atoms with Crippen LogP contribution in [0.4, 0.5) is 32.0 Å². The summed E-state index contributed by atoms with van der Waals surface area (Å²) >= 11 is 0. The molecular formula is C30H23F6N3O6. The number of nitrogens with zero attached hydrogens (tertiary/aromatic N) is 3. The number of alkyl halides is 6. The number of halogens is 6. The maximum Gasteiger partial charge on any atom is 0.471 e. The molecule has 2 aliphatic rings. The molecule has 1 amide bonds. The molecule has 0 unspecified atom stereocenters. The zero-order chi connectivity index (χ0) is 32.3. The van der Waals surface area contributed by atoms with E-state index in [9.17, 15) is 41.0 Å². The van der Waals surface area contributed by atoms with Crippen LogP contribution >= 0.6 is 0 Å². The van der Waals surface area contributed by atoms with E-state index < -0.39 is 42.8 Å². The number of hydrogen-bond acceptors (Lipinski definition) is 6. The Morgan fingerprint density at radius 1 is 1.02 bits per heavy atom. The quantitative estimate of drug-likeness (QED) is 0.240. The Kier molecular flexibility index (Phi) is 7.28. The Morgan fingerprint density at radius 3 is 2.51 bits per heavy atom. The first-order valence-electron chi connectivity index (χ1n) is 13.5. The van der Waals surface area contributed by atoms with Crippen LogP contribution in [-0.2, 0) is 9.59 Å². The molecule has 0 radical (unpaired) electrons. The second kappa shape index (κ2) is 10.9. The number of para-hydroxylation sites is 1. The van der Waals surface area contributed by atoms with Crippen LogP contribution in [0, 0.1) is 6.92 Å². The number of hydrogen-bond donors (Lipinski definition) is 1. The van der Waals surface area contributed by atoms with E-state index in [4.69, 9.17) is 14.2 Å². The van der Waals surface area contributed by atoms with E-state index in [0.29, 0.717) is 33.0 Å². The van der Waals surface area contributed by atoms with E-state index >= 15 is 0 Å². The van der Waals surface area contributed by atoms with Crippen LogP contribution in [0.25, 0.3) is 16.7 Å². The summed E-state index contributed by atoms with van der Waals surface area (Å²) in [6.07, 6.45) is -10.0. The number of aromatic nitrogens is 2. The average Bonchev–Trinajstić information content (AvgIpc) is 3.65. The minimum atomic E-state index is -5.25. The number of benzene rings is 3. The molecule has 1 aromatic heterocycles. The van der Waals surface area contributed by atoms with Gasteiger partial charge < -0.3 is 19.3 Å². The van der Waals surface area contributed by atoms with Crippen LogP contribution in [0.3, 0.4) is 0 Å². The number of ether oxygens (including phenoxy) is 3. The number of aryl methyl sites for hydroxylation is 1. The molecule has 6 rings (SSSR count). The van der Waals surface area contributed by atoms with Crippen molar-refractivity contribution in [3.05, 3.63) is 71.5 Å². The number of carbonyl (C=O) groups is 2. The van der Waals surface area contributed by atoms with Gasteiger partial charge in [-0.15, -0.1) is 0 Å². The molecule has 9 nitrogen and oxygen atoms in total. The molecule has 236 valence electrons. The Balaban J connectivity index is 1.41. The van der Waals surface area contributed by atoms with Gasteiger partial charge in [-0.3, -0.25) is 19.1 Å². The number of anilines is 1. The monoisotopic (exact) mass is 635 g/mol. The number of carboxylic acids is 1. The minimum Gasteiger partial charge on any atom is -0.493 e. The molecule has 0 fully saturated rings. The summed E-state index contributed by atoms with van der Waals surface area (Å²) in [4.78, 5) is 29.1. The summed E-state index contributed by atoms with van der Waals surface area (Å²) in [5.41, 5.74) is 1.76. The smallest absolute Gasteiger partial charge is 0.471 e. The van der Waals surface area contributed by atoms with Gasteiger partial charge in [-0.1, -0.05) is 18.2 Å². The van der Waals surface area contributed by atoms with Gasteiger partial charge in [0.2, 0.25) is 0 Å². The normalized spacial score (nSPS) is 17.4. The molecule has 0 spiro atoms. The number of rotatable bonds is 7. The van der Waals surface area contributed by atoms with Gasteiger partial charge in [-0.25, -0.2) is 4.98 Å². The van der Waals surface area contributed by atoms with Gasteiger partial charge in [0, 0.05) is 34.9 Å². The number of imidazole rings is 1. The number of fused-ring (bicyclic) bond motifs is 3. The van der Waals surface area contributed by atoms with E-state index in [1.165, 1.54) is 42.5 Å². The molecule has 0 saturated heterocycles. The number of amides is 1. The first-order valence-corrected chi connectivity index (χ1v) is 13.5. The first-order chi connectivity index (χ1) is 21.2. The minimum absolute atomic E-state index is 0.0260. The molecule has 0 aliphatic carbocycles. The van der Waals surface area contributed by atoms with Crippen molar-refractivity contribution in [3.63, 3.8) is 0 Å². The summed E-state index contributed by atoms with van der Waals surface area (Å²) in [7, 11) is 0. The van der Waals surface area contributed by atoms with E-state index in [1.54, 1.807) is 23.6 Å². The fourth-order valence-electron chi connectivity index (χ4n) is 5.71. The highest BCUT2D eigenvalue weighted by molar-refractivity contribution is 5.98. The van der Waals surface area contributed by atoms with Crippen molar-refractivity contribution in [1.29, 1.82) is 0 Å². The van der Waals surface area contributed by atoms with Crippen molar-refractivity contribution in [1.82, 2.24) is 9.55 Å². The van der Waals surface area contributed by atoms with Gasteiger partial charge in [0.25, 0.3) is 0 Å². The fraction of sp³-hybridized carbons (Fsp3) is 0.300. The Bertz CT molecular complexity index is 1820. The third-order valence-corrected chi connectivity index (χ3v) is 7.56. The predicted molar refractivity (Wildman–Crippen MR) is 146 cm³/mol. The topological polar surface area (TPSA) is 103 Å². The van der Waals surface area contributed by atoms with Crippen LogP contribution in [0.2, 0.25) is 0 Å². The van der Waals surface area contributed by atoms with Gasteiger partial charge in [-0.2, -0.15) is 26.3 Å². The molecular weight excluding hydrogens is 612 g/mol. The van der Waals surface area contributed by atoms with Crippen LogP contribution in [-0.4, -0.2) is 58.7 Å². The van der Waals surface area contributed by atoms with Crippen LogP contribution in [0.1, 0.15) is 35.3 Å². The highest BCUT2D eigenvalue weighted by atomic mass is 19.4. The third-order valence-electron chi connectivity index (χ3n) is 7.56. The summed E-state index contributed by atoms with van der Waals surface area (Å²) in [5, 5.41) is 9.17. The second-order valence-corrected chi connectivity index (χ2v) is 10.6. The molecule has 2 atom stereocenters. The zero-order valence-electron chi connectivity index (χ0n) is 23.3. The Morgan fingerprint density at radius 2 is 1.80 bits per heavy atom. The van der Waals surface area contributed by atoms with Crippen LogP contribution < -0.4 is 19.1 Å². The third kappa shape index (κ3) is 5.69. The number of aliphatic carboxylic acids is 1. The maximum absolute atomic E-state index is 14.0. The molecule has 1 N–H and O–H groups in total. The molecule has 2 aliphatic heterocycles. The molecule has 3 aromatic carbocycles. The number of carbonyl (C=O) groups excluding carboxylic acids is 1. The number of carboxylic acid groups (broad SMARTS) is 1. The Hall–Kier alpha value is -4.95. The second-order valence-electron chi connectivity index (χ2n) is 10.6. The molecule has 0 saturated carbocycles.